The van der Waals surface area contributed by atoms with Crippen molar-refractivity contribution in [3.8, 4) is 0 Å². The molecular formula is C14H29N3O2S. The van der Waals surface area contributed by atoms with E-state index in [2.05, 4.69) is 18.9 Å². The Kier molecular flexibility index (Phi) is 5.10. The van der Waals surface area contributed by atoms with Crippen LogP contribution in [0.2, 0.25) is 0 Å². The van der Waals surface area contributed by atoms with Crippen molar-refractivity contribution in [2.45, 2.75) is 39.0 Å². The molecule has 0 amide bonds. The summed E-state index contributed by atoms with van der Waals surface area (Å²) in [6.45, 7) is 6.23. The van der Waals surface area contributed by atoms with Crippen molar-refractivity contribution in [1.29, 1.82) is 0 Å². The van der Waals surface area contributed by atoms with E-state index in [0.29, 0.717) is 19.6 Å². The van der Waals surface area contributed by atoms with Gasteiger partial charge in [0.2, 0.25) is 0 Å². The van der Waals surface area contributed by atoms with Gasteiger partial charge in [0.1, 0.15) is 0 Å². The largest absolute Gasteiger partial charge is 0.306 e. The van der Waals surface area contributed by atoms with Gasteiger partial charge in [-0.05, 0) is 38.3 Å². The Labute approximate surface area is 124 Å². The first kappa shape index (κ1) is 16.2. The SMILES string of the molecule is CN1CC[C@](C)(CN(C)S(=O)(=O)N2CCCCCC2)C1. The van der Waals surface area contributed by atoms with Crippen LogP contribution in [-0.4, -0.2) is 68.7 Å². The Bertz CT molecular complexity index is 418. The lowest BCUT2D eigenvalue weighted by molar-refractivity contribution is 0.244. The Morgan fingerprint density at radius 2 is 1.70 bits per heavy atom. The van der Waals surface area contributed by atoms with Gasteiger partial charge in [-0.15, -0.1) is 0 Å². The minimum absolute atomic E-state index is 0.0857. The van der Waals surface area contributed by atoms with Crippen LogP contribution < -0.4 is 0 Å². The summed E-state index contributed by atoms with van der Waals surface area (Å²) in [5, 5.41) is 0. The van der Waals surface area contributed by atoms with Gasteiger partial charge >= 0.3 is 0 Å². The van der Waals surface area contributed by atoms with E-state index in [0.717, 1.165) is 45.2 Å². The second-order valence-electron chi connectivity index (χ2n) is 6.88. The number of nitrogens with zero attached hydrogens (tertiary/aromatic N) is 3. The smallest absolute Gasteiger partial charge is 0.281 e. The molecule has 5 nitrogen and oxygen atoms in total. The predicted molar refractivity (Wildman–Crippen MR) is 81.8 cm³/mol. The molecule has 2 aliphatic heterocycles. The molecule has 0 aromatic carbocycles. The van der Waals surface area contributed by atoms with Crippen LogP contribution >= 0.6 is 0 Å². The average Bonchev–Trinajstić information content (AvgIpc) is 2.60. The number of hydrogen-bond donors (Lipinski definition) is 0. The van der Waals surface area contributed by atoms with Gasteiger partial charge in [-0.2, -0.15) is 17.0 Å². The molecule has 1 atom stereocenters. The number of likely N-dealkylation sites (tertiary alicyclic amines) is 1. The van der Waals surface area contributed by atoms with Crippen LogP contribution in [0.3, 0.4) is 0 Å². The second-order valence-corrected chi connectivity index (χ2v) is 8.91. The van der Waals surface area contributed by atoms with E-state index in [1.54, 1.807) is 15.7 Å². The van der Waals surface area contributed by atoms with Crippen molar-refractivity contribution >= 4 is 10.2 Å². The third-order valence-electron chi connectivity index (χ3n) is 4.64. The van der Waals surface area contributed by atoms with Crippen LogP contribution in [0, 0.1) is 5.41 Å². The fraction of sp³-hybridized carbons (Fsp3) is 1.00. The van der Waals surface area contributed by atoms with Crippen LogP contribution in [0.1, 0.15) is 39.0 Å². The summed E-state index contributed by atoms with van der Waals surface area (Å²) in [5.41, 5.74) is 0.0857. The quantitative estimate of drug-likeness (QED) is 0.788. The fourth-order valence-corrected chi connectivity index (χ4v) is 5.08. The molecule has 0 aromatic rings. The van der Waals surface area contributed by atoms with E-state index in [1.807, 2.05) is 0 Å². The zero-order valence-electron chi connectivity index (χ0n) is 13.1. The van der Waals surface area contributed by atoms with Crippen LogP contribution in [0.15, 0.2) is 0 Å². The Morgan fingerprint density at radius 3 is 2.20 bits per heavy atom. The number of hydrogen-bond acceptors (Lipinski definition) is 3. The van der Waals surface area contributed by atoms with Crippen LogP contribution in [0.25, 0.3) is 0 Å². The first-order valence-electron chi connectivity index (χ1n) is 7.73. The third-order valence-corrected chi connectivity index (χ3v) is 6.57. The first-order chi connectivity index (χ1) is 9.33. The van der Waals surface area contributed by atoms with Crippen molar-refractivity contribution in [3.63, 3.8) is 0 Å². The van der Waals surface area contributed by atoms with Gasteiger partial charge in [-0.25, -0.2) is 0 Å². The molecule has 0 spiro atoms. The van der Waals surface area contributed by atoms with Gasteiger partial charge < -0.3 is 4.90 Å². The fourth-order valence-electron chi connectivity index (χ4n) is 3.49. The Morgan fingerprint density at radius 1 is 1.10 bits per heavy atom. The summed E-state index contributed by atoms with van der Waals surface area (Å²) in [7, 11) is 0.565. The Hall–Kier alpha value is -0.170. The molecule has 2 heterocycles. The third kappa shape index (κ3) is 3.72. The average molecular weight is 303 g/mol. The standard InChI is InChI=1S/C14H29N3O2S/c1-14(8-11-15(2)12-14)13-16(3)20(18,19)17-9-6-4-5-7-10-17/h4-13H2,1-3H3/t14-/m0/s1. The molecule has 20 heavy (non-hydrogen) atoms. The minimum atomic E-state index is -3.28. The maximum atomic E-state index is 12.7. The van der Waals surface area contributed by atoms with Gasteiger partial charge in [-0.1, -0.05) is 19.8 Å². The summed E-state index contributed by atoms with van der Waals surface area (Å²) in [6.07, 6.45) is 5.36. The maximum absolute atomic E-state index is 12.7. The summed E-state index contributed by atoms with van der Waals surface area (Å²) >= 11 is 0. The second kappa shape index (κ2) is 6.30. The predicted octanol–water partition coefficient (Wildman–Crippen LogP) is 1.38. The minimum Gasteiger partial charge on any atom is -0.306 e. The highest BCUT2D eigenvalue weighted by Crippen LogP contribution is 2.30. The lowest BCUT2D eigenvalue weighted by Gasteiger charge is -2.32. The number of rotatable bonds is 4. The van der Waals surface area contributed by atoms with Gasteiger partial charge in [0.25, 0.3) is 10.2 Å². The van der Waals surface area contributed by atoms with Crippen LogP contribution in [0.5, 0.6) is 0 Å². The molecule has 6 heteroatoms. The van der Waals surface area contributed by atoms with Crippen LogP contribution in [0.4, 0.5) is 0 Å². The van der Waals surface area contributed by atoms with E-state index in [1.165, 1.54) is 0 Å². The summed E-state index contributed by atoms with van der Waals surface area (Å²) in [4.78, 5) is 2.28. The van der Waals surface area contributed by atoms with E-state index in [4.69, 9.17) is 0 Å². The lowest BCUT2D eigenvalue weighted by atomic mass is 9.90. The molecule has 0 unspecified atom stereocenters. The van der Waals surface area contributed by atoms with E-state index < -0.39 is 10.2 Å². The Balaban J connectivity index is 2.01. The highest BCUT2D eigenvalue weighted by molar-refractivity contribution is 7.86. The molecule has 0 aliphatic carbocycles. The zero-order chi connectivity index (χ0) is 14.8. The van der Waals surface area contributed by atoms with Crippen molar-refractivity contribution in [3.05, 3.63) is 0 Å². The van der Waals surface area contributed by atoms with Gasteiger partial charge in [0, 0.05) is 33.2 Å². The molecule has 2 saturated heterocycles. The molecule has 0 saturated carbocycles. The molecule has 118 valence electrons. The molecule has 0 radical (unpaired) electrons. The van der Waals surface area contributed by atoms with Crippen molar-refractivity contribution in [1.82, 2.24) is 13.5 Å². The maximum Gasteiger partial charge on any atom is 0.281 e. The molecule has 0 aromatic heterocycles. The topological polar surface area (TPSA) is 43.9 Å². The highest BCUT2D eigenvalue weighted by Gasteiger charge is 2.37. The highest BCUT2D eigenvalue weighted by atomic mass is 32.2. The summed E-state index contributed by atoms with van der Waals surface area (Å²) in [5.74, 6) is 0. The molecule has 2 fully saturated rings. The van der Waals surface area contributed by atoms with Crippen molar-refractivity contribution in [2.75, 3.05) is 46.8 Å². The molecule has 0 bridgehead atoms. The molecular weight excluding hydrogens is 274 g/mol. The first-order valence-corrected chi connectivity index (χ1v) is 9.13. The van der Waals surface area contributed by atoms with E-state index in [-0.39, 0.29) is 5.41 Å². The van der Waals surface area contributed by atoms with E-state index >= 15 is 0 Å². The van der Waals surface area contributed by atoms with E-state index in [9.17, 15) is 8.42 Å². The molecule has 0 N–H and O–H groups in total. The van der Waals surface area contributed by atoms with Crippen molar-refractivity contribution in [2.24, 2.45) is 5.41 Å². The molecule has 2 aliphatic rings. The molecule has 2 rings (SSSR count). The zero-order valence-corrected chi connectivity index (χ0v) is 14.0. The lowest BCUT2D eigenvalue weighted by Crippen LogP contribution is -2.46. The van der Waals surface area contributed by atoms with Crippen molar-refractivity contribution < 1.29 is 8.42 Å². The summed E-state index contributed by atoms with van der Waals surface area (Å²) < 4.78 is 28.6. The van der Waals surface area contributed by atoms with Gasteiger partial charge in [-0.3, -0.25) is 0 Å². The van der Waals surface area contributed by atoms with Crippen LogP contribution in [-0.2, 0) is 10.2 Å². The summed E-state index contributed by atoms with van der Waals surface area (Å²) in [6, 6.07) is 0. The monoisotopic (exact) mass is 303 g/mol. The normalized spacial score (nSPS) is 30.8. The van der Waals surface area contributed by atoms with Gasteiger partial charge in [0.05, 0.1) is 0 Å². The van der Waals surface area contributed by atoms with Gasteiger partial charge in [0.15, 0.2) is 0 Å².